The molecule has 0 bridgehead atoms. The molecule has 53 heavy (non-hydrogen) atoms. The van der Waals surface area contributed by atoms with Gasteiger partial charge < -0.3 is 15.5 Å². The van der Waals surface area contributed by atoms with Gasteiger partial charge in [0, 0.05) is 60.5 Å². The van der Waals surface area contributed by atoms with E-state index in [0.717, 1.165) is 37.7 Å². The van der Waals surface area contributed by atoms with Gasteiger partial charge in [0.15, 0.2) is 0 Å². The van der Waals surface area contributed by atoms with E-state index in [-0.39, 0.29) is 32.5 Å². The predicted molar refractivity (Wildman–Crippen MR) is 198 cm³/mol. The van der Waals surface area contributed by atoms with Crippen LogP contribution in [0, 0.1) is 6.92 Å². The quantitative estimate of drug-likeness (QED) is 0.162. The van der Waals surface area contributed by atoms with E-state index in [4.69, 9.17) is 0 Å². The van der Waals surface area contributed by atoms with Crippen LogP contribution in [0.5, 0.6) is 0 Å². The van der Waals surface area contributed by atoms with E-state index in [1.165, 1.54) is 65.6 Å². The summed E-state index contributed by atoms with van der Waals surface area (Å²) in [6, 6.07) is 22.1. The Morgan fingerprint density at radius 1 is 0.981 bits per heavy atom. The number of nitrogens with one attached hydrogen (secondary N) is 2. The summed E-state index contributed by atoms with van der Waals surface area (Å²) in [4.78, 5) is 29.8. The van der Waals surface area contributed by atoms with E-state index < -0.39 is 33.7 Å². The third-order valence-electron chi connectivity index (χ3n) is 9.65. The maximum Gasteiger partial charge on any atom is 0.416 e. The molecule has 6 aromatic rings. The molecule has 3 aromatic heterocycles. The molecule has 1 atom stereocenters. The van der Waals surface area contributed by atoms with Crippen LogP contribution in [0.4, 0.5) is 30.5 Å². The molecular weight excluding hydrogens is 704 g/mol. The Balaban J connectivity index is 1.31. The van der Waals surface area contributed by atoms with Crippen LogP contribution >= 0.6 is 0 Å². The Bertz CT molecular complexity index is 2450. The van der Waals surface area contributed by atoms with Crippen molar-refractivity contribution in [2.24, 2.45) is 0 Å². The number of rotatable bonds is 9. The van der Waals surface area contributed by atoms with Crippen molar-refractivity contribution in [2.75, 3.05) is 30.4 Å². The average Bonchev–Trinajstić information content (AvgIpc) is 3.16. The van der Waals surface area contributed by atoms with Gasteiger partial charge in [-0.15, -0.1) is 0 Å². The van der Waals surface area contributed by atoms with Crippen molar-refractivity contribution >= 4 is 38.2 Å². The highest BCUT2D eigenvalue weighted by atomic mass is 32.2. The van der Waals surface area contributed by atoms with Gasteiger partial charge in [-0.3, -0.25) is 14.3 Å². The molecule has 1 fully saturated rings. The van der Waals surface area contributed by atoms with Gasteiger partial charge in [0.2, 0.25) is 15.8 Å². The second-order valence-corrected chi connectivity index (χ2v) is 14.9. The van der Waals surface area contributed by atoms with E-state index in [2.05, 4.69) is 37.5 Å². The Morgan fingerprint density at radius 2 is 1.74 bits per heavy atom. The summed E-state index contributed by atoms with van der Waals surface area (Å²) in [6.07, 6.45) is 1.78. The zero-order valence-corrected chi connectivity index (χ0v) is 29.7. The van der Waals surface area contributed by atoms with Gasteiger partial charge >= 0.3 is 6.18 Å². The van der Waals surface area contributed by atoms with Crippen molar-refractivity contribution in [3.05, 3.63) is 131 Å². The fourth-order valence-electron chi connectivity index (χ4n) is 6.79. The van der Waals surface area contributed by atoms with Gasteiger partial charge in [0.1, 0.15) is 5.65 Å². The second-order valence-electron chi connectivity index (χ2n) is 13.0. The lowest BCUT2D eigenvalue weighted by molar-refractivity contribution is -0.138. The highest BCUT2D eigenvalue weighted by molar-refractivity contribution is 7.91. The minimum absolute atomic E-state index is 0.0157. The average molecular weight is 740 g/mol. The summed E-state index contributed by atoms with van der Waals surface area (Å²) >= 11 is 0. The number of nitrogens with zero attached hydrogens (tertiary/aromatic N) is 5. The zero-order chi connectivity index (χ0) is 37.3. The molecule has 0 saturated carbocycles. The number of halogens is 3. The van der Waals surface area contributed by atoms with Crippen LogP contribution in [0.2, 0.25) is 0 Å². The number of hydrogen-bond donors (Lipinski definition) is 2. The monoisotopic (exact) mass is 739 g/mol. The summed E-state index contributed by atoms with van der Waals surface area (Å²) in [5, 5.41) is 6.96. The predicted octanol–water partition coefficient (Wildman–Crippen LogP) is 6.99. The highest BCUT2D eigenvalue weighted by Crippen LogP contribution is 2.34. The van der Waals surface area contributed by atoms with Gasteiger partial charge in [-0.25, -0.2) is 13.4 Å². The molecule has 0 aliphatic carbocycles. The van der Waals surface area contributed by atoms with E-state index in [9.17, 15) is 26.4 Å². The molecule has 0 amide bonds. The fourth-order valence-corrected chi connectivity index (χ4v) is 8.29. The van der Waals surface area contributed by atoms with E-state index >= 15 is 0 Å². The summed E-state index contributed by atoms with van der Waals surface area (Å²) in [5.74, 6) is 0.140. The lowest BCUT2D eigenvalue weighted by Gasteiger charge is -2.33. The number of fused-ring (bicyclic) bond motifs is 1. The van der Waals surface area contributed by atoms with Gasteiger partial charge in [0.25, 0.3) is 5.56 Å². The first-order valence-electron chi connectivity index (χ1n) is 17.0. The van der Waals surface area contributed by atoms with Gasteiger partial charge in [0.05, 0.1) is 21.9 Å². The molecule has 1 aliphatic rings. The number of aromatic nitrogens is 4. The molecule has 1 unspecified atom stereocenters. The van der Waals surface area contributed by atoms with E-state index in [1.54, 1.807) is 19.1 Å². The van der Waals surface area contributed by atoms with Crippen LogP contribution in [-0.2, 0) is 22.6 Å². The first-order valence-corrected chi connectivity index (χ1v) is 18.5. The minimum atomic E-state index is -4.67. The summed E-state index contributed by atoms with van der Waals surface area (Å²) in [5.41, 5.74) is 0.861. The van der Waals surface area contributed by atoms with Crippen LogP contribution in [-0.4, -0.2) is 54.1 Å². The topological polar surface area (TPSA) is 122 Å². The number of benzene rings is 3. The standard InChI is InChI=1S/C39H36F3N7O3S/c1-25-32(9-5-11-35(25)53(51,52)31-16-19-43-20-17-31)33-21-27-22-45-38(46-28-12-14-29(15-13-28)48(2)30-8-6-18-44-23-30)47-36(27)49(37(33)50)24-26-7-3-4-10-34(26)39(40,41)42/h3-5,7,9-17,19-22,30,44H,6,8,18,23-24H2,1-2H3,(H,45,46,47). The molecular formula is C39H36F3N7O3S. The van der Waals surface area contributed by atoms with E-state index in [1.807, 2.05) is 24.3 Å². The van der Waals surface area contributed by atoms with Crippen molar-refractivity contribution in [2.45, 2.75) is 48.3 Å². The van der Waals surface area contributed by atoms with Crippen molar-refractivity contribution < 1.29 is 21.6 Å². The maximum atomic E-state index is 14.5. The molecule has 1 saturated heterocycles. The molecule has 4 heterocycles. The Morgan fingerprint density at radius 3 is 2.45 bits per heavy atom. The third kappa shape index (κ3) is 7.24. The smallest absolute Gasteiger partial charge is 0.370 e. The molecule has 0 radical (unpaired) electrons. The molecule has 10 nitrogen and oxygen atoms in total. The van der Waals surface area contributed by atoms with Crippen molar-refractivity contribution in [1.29, 1.82) is 0 Å². The first kappa shape index (κ1) is 35.8. The molecule has 0 spiro atoms. The lowest BCUT2D eigenvalue weighted by atomic mass is 10.0. The molecule has 2 N–H and O–H groups in total. The first-order chi connectivity index (χ1) is 25.4. The van der Waals surface area contributed by atoms with Crippen molar-refractivity contribution in [3.63, 3.8) is 0 Å². The summed E-state index contributed by atoms with van der Waals surface area (Å²) in [6.45, 7) is 3.07. The van der Waals surface area contributed by atoms with Gasteiger partial charge in [-0.05, 0) is 97.6 Å². The Kier molecular flexibility index (Phi) is 9.75. The Hall–Kier alpha value is -5.60. The summed E-state index contributed by atoms with van der Waals surface area (Å²) < 4.78 is 70.9. The highest BCUT2D eigenvalue weighted by Gasteiger charge is 2.33. The number of pyridine rings is 2. The zero-order valence-electron chi connectivity index (χ0n) is 28.9. The van der Waals surface area contributed by atoms with Crippen LogP contribution in [0.15, 0.2) is 118 Å². The van der Waals surface area contributed by atoms with E-state index in [0.29, 0.717) is 28.2 Å². The molecule has 1 aliphatic heterocycles. The summed E-state index contributed by atoms with van der Waals surface area (Å²) in [7, 11) is -1.93. The number of sulfone groups is 1. The molecule has 7 rings (SSSR count). The number of likely N-dealkylation sites (N-methyl/N-ethyl adjacent to an activating group) is 1. The largest absolute Gasteiger partial charge is 0.416 e. The Labute approximate surface area is 304 Å². The normalized spacial score (nSPS) is 15.0. The van der Waals surface area contributed by atoms with Crippen molar-refractivity contribution in [1.82, 2.24) is 24.8 Å². The number of anilines is 3. The number of hydrogen-bond acceptors (Lipinski definition) is 9. The second kappa shape index (κ2) is 14.4. The molecule has 3 aromatic carbocycles. The van der Waals surface area contributed by atoms with Crippen LogP contribution in [0.25, 0.3) is 22.2 Å². The number of piperidine rings is 1. The lowest BCUT2D eigenvalue weighted by Crippen LogP contribution is -2.44. The minimum Gasteiger partial charge on any atom is -0.370 e. The fraction of sp³-hybridized carbons (Fsp3) is 0.231. The van der Waals surface area contributed by atoms with Crippen molar-refractivity contribution in [3.8, 4) is 11.1 Å². The van der Waals surface area contributed by atoms with Gasteiger partial charge in [-0.1, -0.05) is 30.3 Å². The van der Waals surface area contributed by atoms with Crippen LogP contribution in [0.1, 0.15) is 29.5 Å². The molecule has 272 valence electrons. The van der Waals surface area contributed by atoms with Gasteiger partial charge in [-0.2, -0.15) is 18.2 Å². The van der Waals surface area contributed by atoms with Crippen LogP contribution < -0.4 is 21.1 Å². The van der Waals surface area contributed by atoms with Crippen LogP contribution in [0.3, 0.4) is 0 Å². The molecule has 14 heteroatoms. The third-order valence-corrected chi connectivity index (χ3v) is 11.6. The number of alkyl halides is 3. The maximum absolute atomic E-state index is 14.5. The SMILES string of the molecule is Cc1c(-c2cc3cnc(Nc4ccc(N(C)C5CCCNC5)cc4)nc3n(Cc3ccccc3C(F)(F)F)c2=O)cccc1S(=O)(=O)c1ccncc1.